The van der Waals surface area contributed by atoms with Crippen molar-refractivity contribution in [2.75, 3.05) is 13.6 Å². The molecule has 0 spiro atoms. The molecule has 0 aliphatic carbocycles. The molecular formula is C23H27N3O2S. The SMILES string of the molecule is C[C@H](Cc1cc2ccccc2s1)NC(=O)NC[C@@H]1Cc2ccc(O)cc2CN1C. The van der Waals surface area contributed by atoms with Gasteiger partial charge in [0.25, 0.3) is 0 Å². The first kappa shape index (κ1) is 19.7. The number of aromatic hydroxyl groups is 1. The fourth-order valence-corrected chi connectivity index (χ4v) is 5.16. The molecule has 5 nitrogen and oxygen atoms in total. The molecule has 3 N–H and O–H groups in total. The molecule has 0 radical (unpaired) electrons. The molecule has 1 aliphatic heterocycles. The standard InChI is InChI=1S/C23H27N3O2S/c1-15(9-21-12-17-5-3-4-6-22(17)29-21)25-23(28)24-13-19-10-16-7-8-20(27)11-18(16)14-26(19)2/h3-8,11-12,15,19,27H,9-10,13-14H2,1-2H3,(H2,24,25,28)/t15-,19+/m1/s1. The maximum atomic E-state index is 12.4. The number of nitrogens with one attached hydrogen (secondary N) is 2. The van der Waals surface area contributed by atoms with Crippen molar-refractivity contribution >= 4 is 27.5 Å². The molecule has 3 aromatic rings. The minimum Gasteiger partial charge on any atom is -0.508 e. The number of carbonyl (C=O) groups is 1. The van der Waals surface area contributed by atoms with Gasteiger partial charge in [0.15, 0.2) is 0 Å². The molecule has 0 saturated carbocycles. The molecule has 0 unspecified atom stereocenters. The van der Waals surface area contributed by atoms with E-state index in [4.69, 9.17) is 0 Å². The van der Waals surface area contributed by atoms with E-state index >= 15 is 0 Å². The number of phenols is 1. The lowest BCUT2D eigenvalue weighted by Crippen LogP contribution is -2.49. The van der Waals surface area contributed by atoms with Crippen LogP contribution in [0.5, 0.6) is 5.75 Å². The van der Waals surface area contributed by atoms with E-state index in [0.29, 0.717) is 12.3 Å². The molecular weight excluding hydrogens is 382 g/mol. The van der Waals surface area contributed by atoms with E-state index in [-0.39, 0.29) is 18.1 Å². The molecule has 0 bridgehead atoms. The number of hydrogen-bond acceptors (Lipinski definition) is 4. The smallest absolute Gasteiger partial charge is 0.315 e. The van der Waals surface area contributed by atoms with Crippen LogP contribution >= 0.6 is 11.3 Å². The zero-order chi connectivity index (χ0) is 20.4. The summed E-state index contributed by atoms with van der Waals surface area (Å²) in [5.74, 6) is 0.306. The fraction of sp³-hybridized carbons (Fsp3) is 0.348. The highest BCUT2D eigenvalue weighted by Gasteiger charge is 2.24. The zero-order valence-corrected chi connectivity index (χ0v) is 17.6. The van der Waals surface area contributed by atoms with Crippen LogP contribution in [0.3, 0.4) is 0 Å². The maximum Gasteiger partial charge on any atom is 0.315 e. The van der Waals surface area contributed by atoms with Gasteiger partial charge in [-0.2, -0.15) is 0 Å². The van der Waals surface area contributed by atoms with Crippen molar-refractivity contribution in [1.29, 1.82) is 0 Å². The van der Waals surface area contributed by atoms with Gasteiger partial charge >= 0.3 is 6.03 Å². The van der Waals surface area contributed by atoms with E-state index in [0.717, 1.165) is 24.9 Å². The van der Waals surface area contributed by atoms with Crippen molar-refractivity contribution < 1.29 is 9.90 Å². The van der Waals surface area contributed by atoms with Gasteiger partial charge in [0, 0.05) is 41.2 Å². The lowest BCUT2D eigenvalue weighted by atomic mass is 9.94. The highest BCUT2D eigenvalue weighted by Crippen LogP contribution is 2.26. The van der Waals surface area contributed by atoms with Crippen LogP contribution in [0.4, 0.5) is 4.79 Å². The number of benzene rings is 2. The molecule has 2 heterocycles. The minimum atomic E-state index is -0.122. The number of fused-ring (bicyclic) bond motifs is 2. The first-order valence-corrected chi connectivity index (χ1v) is 10.8. The average Bonchev–Trinajstić information content (AvgIpc) is 3.08. The van der Waals surface area contributed by atoms with Crippen LogP contribution in [0.25, 0.3) is 10.1 Å². The molecule has 152 valence electrons. The summed E-state index contributed by atoms with van der Waals surface area (Å²) in [5, 5.41) is 17.0. The van der Waals surface area contributed by atoms with E-state index in [1.165, 1.54) is 20.5 Å². The first-order valence-electron chi connectivity index (χ1n) is 10.0. The largest absolute Gasteiger partial charge is 0.508 e. The van der Waals surface area contributed by atoms with Crippen molar-refractivity contribution in [3.63, 3.8) is 0 Å². The molecule has 4 rings (SSSR count). The van der Waals surface area contributed by atoms with Crippen LogP contribution in [0.1, 0.15) is 22.9 Å². The van der Waals surface area contributed by atoms with E-state index in [1.54, 1.807) is 17.4 Å². The number of likely N-dealkylation sites (N-methyl/N-ethyl adjacent to an activating group) is 1. The van der Waals surface area contributed by atoms with Crippen molar-refractivity contribution in [3.05, 3.63) is 64.5 Å². The number of carbonyl (C=O) groups excluding carboxylic acids is 1. The number of hydrogen-bond donors (Lipinski definition) is 3. The number of rotatable bonds is 5. The zero-order valence-electron chi connectivity index (χ0n) is 16.8. The van der Waals surface area contributed by atoms with Crippen LogP contribution in [-0.2, 0) is 19.4 Å². The Bertz CT molecular complexity index is 983. The predicted octanol–water partition coefficient (Wildman–Crippen LogP) is 3.89. The number of amides is 2. The lowest BCUT2D eigenvalue weighted by Gasteiger charge is -2.34. The second kappa shape index (κ2) is 8.43. The van der Waals surface area contributed by atoms with Crippen LogP contribution in [0, 0.1) is 0 Å². The van der Waals surface area contributed by atoms with Crippen LogP contribution in [0.2, 0.25) is 0 Å². The van der Waals surface area contributed by atoms with Crippen LogP contribution < -0.4 is 10.6 Å². The minimum absolute atomic E-state index is 0.0656. The van der Waals surface area contributed by atoms with Gasteiger partial charge in [0.2, 0.25) is 0 Å². The van der Waals surface area contributed by atoms with Crippen LogP contribution in [0.15, 0.2) is 48.5 Å². The van der Waals surface area contributed by atoms with Crippen molar-refractivity contribution in [2.24, 2.45) is 0 Å². The highest BCUT2D eigenvalue weighted by atomic mass is 32.1. The molecule has 2 amide bonds. The monoisotopic (exact) mass is 409 g/mol. The summed E-state index contributed by atoms with van der Waals surface area (Å²) in [4.78, 5) is 15.9. The van der Waals surface area contributed by atoms with Gasteiger partial charge in [0.05, 0.1) is 0 Å². The Labute approximate surface area is 175 Å². The molecule has 1 aliphatic rings. The van der Waals surface area contributed by atoms with Gasteiger partial charge < -0.3 is 15.7 Å². The molecule has 0 saturated heterocycles. The van der Waals surface area contributed by atoms with E-state index in [1.807, 2.05) is 19.1 Å². The molecule has 29 heavy (non-hydrogen) atoms. The van der Waals surface area contributed by atoms with Gasteiger partial charge in [-0.05, 0) is 61.2 Å². The number of nitrogens with zero attached hydrogens (tertiary/aromatic N) is 1. The first-order chi connectivity index (χ1) is 14.0. The number of urea groups is 1. The van der Waals surface area contributed by atoms with Gasteiger partial charge in [-0.15, -0.1) is 11.3 Å². The molecule has 2 aromatic carbocycles. The van der Waals surface area contributed by atoms with E-state index in [9.17, 15) is 9.90 Å². The molecule has 6 heteroatoms. The van der Waals surface area contributed by atoms with Crippen molar-refractivity contribution in [2.45, 2.75) is 38.4 Å². The van der Waals surface area contributed by atoms with Gasteiger partial charge in [-0.1, -0.05) is 24.3 Å². The summed E-state index contributed by atoms with van der Waals surface area (Å²) in [6, 6.07) is 16.3. The molecule has 2 atom stereocenters. The second-order valence-corrected chi connectivity index (χ2v) is 9.10. The summed E-state index contributed by atoms with van der Waals surface area (Å²) in [6.45, 7) is 3.41. The lowest BCUT2D eigenvalue weighted by molar-refractivity contribution is 0.202. The Morgan fingerprint density at radius 1 is 1.24 bits per heavy atom. The average molecular weight is 410 g/mol. The Kier molecular flexibility index (Phi) is 5.74. The third-order valence-electron chi connectivity index (χ3n) is 5.55. The molecule has 1 aromatic heterocycles. The molecule has 0 fully saturated rings. The quantitative estimate of drug-likeness (QED) is 0.599. The van der Waals surface area contributed by atoms with E-state index in [2.05, 4.69) is 52.9 Å². The maximum absolute atomic E-state index is 12.4. The Hall–Kier alpha value is -2.57. The normalized spacial score (nSPS) is 17.7. The highest BCUT2D eigenvalue weighted by molar-refractivity contribution is 7.19. The number of thiophene rings is 1. The Balaban J connectivity index is 1.27. The summed E-state index contributed by atoms with van der Waals surface area (Å²) in [7, 11) is 2.06. The Morgan fingerprint density at radius 3 is 2.90 bits per heavy atom. The van der Waals surface area contributed by atoms with Gasteiger partial charge in [-0.25, -0.2) is 4.79 Å². The van der Waals surface area contributed by atoms with Gasteiger partial charge in [0.1, 0.15) is 5.75 Å². The fourth-order valence-electron chi connectivity index (χ4n) is 3.97. The summed E-state index contributed by atoms with van der Waals surface area (Å²) < 4.78 is 1.29. The summed E-state index contributed by atoms with van der Waals surface area (Å²) in [5.41, 5.74) is 2.40. The van der Waals surface area contributed by atoms with Crippen molar-refractivity contribution in [1.82, 2.24) is 15.5 Å². The predicted molar refractivity (Wildman–Crippen MR) is 119 cm³/mol. The topological polar surface area (TPSA) is 64.6 Å². The number of phenolic OH excluding ortho intramolecular Hbond substituents is 1. The summed E-state index contributed by atoms with van der Waals surface area (Å²) >= 11 is 1.79. The van der Waals surface area contributed by atoms with Crippen molar-refractivity contribution in [3.8, 4) is 5.75 Å². The summed E-state index contributed by atoms with van der Waals surface area (Å²) in [6.07, 6.45) is 1.69. The van der Waals surface area contributed by atoms with E-state index < -0.39 is 0 Å². The third kappa shape index (κ3) is 4.71. The van der Waals surface area contributed by atoms with Gasteiger partial charge in [-0.3, -0.25) is 4.90 Å². The second-order valence-electron chi connectivity index (χ2n) is 7.94. The Morgan fingerprint density at radius 2 is 2.07 bits per heavy atom. The third-order valence-corrected chi connectivity index (χ3v) is 6.69. The van der Waals surface area contributed by atoms with Crippen LogP contribution in [-0.4, -0.2) is 41.7 Å².